The van der Waals surface area contributed by atoms with Gasteiger partial charge in [-0.15, -0.1) is 0 Å². The summed E-state index contributed by atoms with van der Waals surface area (Å²) in [4.78, 5) is 6.90. The Bertz CT molecular complexity index is 1620. The molecular formula is C33H32F3N3O2. The number of nitrogens with zero attached hydrogens (tertiary/aromatic N) is 3. The Hall–Kier alpha value is -3.81. The van der Waals surface area contributed by atoms with E-state index in [-0.39, 0.29) is 28.7 Å². The summed E-state index contributed by atoms with van der Waals surface area (Å²) in [6.07, 6.45) is 5.62. The van der Waals surface area contributed by atoms with Crippen LogP contribution in [0.2, 0.25) is 0 Å². The third-order valence-electron chi connectivity index (χ3n) is 8.58. The Morgan fingerprint density at radius 1 is 1.07 bits per heavy atom. The molecule has 1 spiro atoms. The largest absolute Gasteiger partial charge is 0.490 e. The van der Waals surface area contributed by atoms with E-state index in [0.717, 1.165) is 61.5 Å². The van der Waals surface area contributed by atoms with Crippen LogP contribution in [0.3, 0.4) is 0 Å². The highest BCUT2D eigenvalue weighted by Crippen LogP contribution is 2.54. The van der Waals surface area contributed by atoms with Crippen molar-refractivity contribution in [3.8, 4) is 17.0 Å². The number of hydrogen-bond acceptors (Lipinski definition) is 5. The van der Waals surface area contributed by atoms with Gasteiger partial charge in [-0.2, -0.15) is 13.2 Å². The minimum Gasteiger partial charge on any atom is -0.490 e. The zero-order chi connectivity index (χ0) is 28.4. The number of rotatable bonds is 7. The lowest BCUT2D eigenvalue weighted by Crippen LogP contribution is -2.62. The SMILES string of the molecule is CC(C)Oc1ccnc2ccc(N3CC4(CC(/C=C/c5c(-c6ccccc6C(F)(F)F)noc5C5CC5)C4)C3)cc12. The van der Waals surface area contributed by atoms with Gasteiger partial charge in [0.05, 0.1) is 17.2 Å². The molecule has 0 atom stereocenters. The van der Waals surface area contributed by atoms with Crippen LogP contribution in [-0.2, 0) is 6.18 Å². The zero-order valence-electron chi connectivity index (χ0n) is 23.1. The van der Waals surface area contributed by atoms with Crippen LogP contribution >= 0.6 is 0 Å². The topological polar surface area (TPSA) is 51.4 Å². The molecule has 8 heteroatoms. The minimum atomic E-state index is -4.46. The fraction of sp³-hybridized carbons (Fsp3) is 0.394. The van der Waals surface area contributed by atoms with Crippen molar-refractivity contribution in [3.63, 3.8) is 0 Å². The van der Waals surface area contributed by atoms with Gasteiger partial charge in [0, 0.05) is 52.8 Å². The van der Waals surface area contributed by atoms with E-state index in [9.17, 15) is 13.2 Å². The average Bonchev–Trinajstić information content (AvgIpc) is 3.65. The molecular weight excluding hydrogens is 527 g/mol. The van der Waals surface area contributed by atoms with E-state index in [0.29, 0.717) is 17.2 Å². The second-order valence-corrected chi connectivity index (χ2v) is 12.2. The Labute approximate surface area is 237 Å². The number of alkyl halides is 3. The van der Waals surface area contributed by atoms with Crippen LogP contribution in [0, 0.1) is 11.3 Å². The van der Waals surface area contributed by atoms with Gasteiger partial charge in [0.25, 0.3) is 0 Å². The van der Waals surface area contributed by atoms with Gasteiger partial charge in [-0.1, -0.05) is 35.5 Å². The van der Waals surface area contributed by atoms with E-state index in [4.69, 9.17) is 9.26 Å². The number of hydrogen-bond donors (Lipinski definition) is 0. The predicted molar refractivity (Wildman–Crippen MR) is 153 cm³/mol. The maximum absolute atomic E-state index is 13.8. The van der Waals surface area contributed by atoms with Gasteiger partial charge in [0.1, 0.15) is 17.2 Å². The third-order valence-corrected chi connectivity index (χ3v) is 8.58. The smallest absolute Gasteiger partial charge is 0.417 e. The van der Waals surface area contributed by atoms with Crippen LogP contribution in [0.15, 0.2) is 65.3 Å². The van der Waals surface area contributed by atoms with Crippen molar-refractivity contribution in [1.29, 1.82) is 0 Å². The molecule has 0 amide bonds. The van der Waals surface area contributed by atoms with Crippen molar-refractivity contribution in [2.45, 2.75) is 57.7 Å². The van der Waals surface area contributed by atoms with Gasteiger partial charge in [-0.25, -0.2) is 0 Å². The Balaban J connectivity index is 1.06. The van der Waals surface area contributed by atoms with Gasteiger partial charge >= 0.3 is 6.18 Å². The molecule has 5 nitrogen and oxygen atoms in total. The van der Waals surface area contributed by atoms with Crippen LogP contribution in [0.1, 0.15) is 62.3 Å². The molecule has 212 valence electrons. The fourth-order valence-corrected chi connectivity index (χ4v) is 6.53. The Kier molecular flexibility index (Phi) is 6.14. The van der Waals surface area contributed by atoms with Crippen LogP contribution in [-0.4, -0.2) is 29.3 Å². The number of fused-ring (bicyclic) bond motifs is 1. The zero-order valence-corrected chi connectivity index (χ0v) is 23.1. The summed E-state index contributed by atoms with van der Waals surface area (Å²) >= 11 is 0. The summed E-state index contributed by atoms with van der Waals surface area (Å²) in [7, 11) is 0. The van der Waals surface area contributed by atoms with Gasteiger partial charge in [-0.05, 0) is 75.8 Å². The first-order valence-corrected chi connectivity index (χ1v) is 14.3. The standard InChI is InChI=1S/C33H32F3N3O2/c1-20(2)40-29-13-14-37-28-12-10-23(15-26(28)29)39-18-32(19-39)16-21(17-32)7-11-25-30(38-41-31(25)22-8-9-22)24-5-3-4-6-27(24)33(34,35)36/h3-7,10-15,20-22H,8-9,16-19H2,1-2H3/b11-7+. The number of allylic oxidation sites excluding steroid dienone is 1. The number of halogens is 3. The maximum Gasteiger partial charge on any atom is 0.417 e. The molecule has 3 aliphatic rings. The van der Waals surface area contributed by atoms with Crippen molar-refractivity contribution in [2.24, 2.45) is 11.3 Å². The summed E-state index contributed by atoms with van der Waals surface area (Å²) in [5.74, 6) is 2.19. The average molecular weight is 560 g/mol. The monoisotopic (exact) mass is 559 g/mol. The van der Waals surface area contributed by atoms with Crippen LogP contribution in [0.25, 0.3) is 28.2 Å². The molecule has 1 saturated heterocycles. The normalized spacial score (nSPS) is 18.8. The van der Waals surface area contributed by atoms with E-state index < -0.39 is 11.7 Å². The minimum absolute atomic E-state index is 0.0718. The van der Waals surface area contributed by atoms with Gasteiger partial charge < -0.3 is 14.2 Å². The molecule has 0 N–H and O–H groups in total. The highest BCUT2D eigenvalue weighted by Gasteiger charge is 2.51. The van der Waals surface area contributed by atoms with Gasteiger partial charge in [0.2, 0.25) is 0 Å². The number of aromatic nitrogens is 2. The van der Waals surface area contributed by atoms with Crippen LogP contribution in [0.5, 0.6) is 5.75 Å². The summed E-state index contributed by atoms with van der Waals surface area (Å²) < 4.78 is 52.9. The van der Waals surface area contributed by atoms with E-state index in [1.807, 2.05) is 26.0 Å². The molecule has 0 radical (unpaired) electrons. The summed E-state index contributed by atoms with van der Waals surface area (Å²) in [5, 5.41) is 5.17. The lowest BCUT2D eigenvalue weighted by atomic mass is 9.57. The van der Waals surface area contributed by atoms with E-state index >= 15 is 0 Å². The number of pyridine rings is 1. The van der Waals surface area contributed by atoms with E-state index in [2.05, 4.69) is 39.3 Å². The number of benzene rings is 2. The second-order valence-electron chi connectivity index (χ2n) is 12.2. The lowest BCUT2D eigenvalue weighted by Gasteiger charge is -2.59. The summed E-state index contributed by atoms with van der Waals surface area (Å²) in [5.41, 5.74) is 2.76. The molecule has 4 aromatic rings. The Morgan fingerprint density at radius 3 is 2.59 bits per heavy atom. The number of anilines is 1. The molecule has 2 aromatic carbocycles. The maximum atomic E-state index is 13.8. The van der Waals surface area contributed by atoms with Gasteiger partial charge in [0.15, 0.2) is 0 Å². The highest BCUT2D eigenvalue weighted by molar-refractivity contribution is 5.88. The first kappa shape index (κ1) is 26.1. The summed E-state index contributed by atoms with van der Waals surface area (Å²) in [6.45, 7) is 6.03. The molecule has 0 bridgehead atoms. The molecule has 41 heavy (non-hydrogen) atoms. The predicted octanol–water partition coefficient (Wildman–Crippen LogP) is 8.50. The van der Waals surface area contributed by atoms with E-state index in [1.54, 1.807) is 12.3 Å². The van der Waals surface area contributed by atoms with Crippen molar-refractivity contribution < 1.29 is 22.4 Å². The van der Waals surface area contributed by atoms with Gasteiger partial charge in [-0.3, -0.25) is 4.98 Å². The van der Waals surface area contributed by atoms with Crippen molar-refractivity contribution >= 4 is 22.7 Å². The van der Waals surface area contributed by atoms with Crippen LogP contribution in [0.4, 0.5) is 18.9 Å². The molecule has 3 heterocycles. The molecule has 0 unspecified atom stereocenters. The summed E-state index contributed by atoms with van der Waals surface area (Å²) in [6, 6.07) is 13.9. The first-order valence-electron chi connectivity index (χ1n) is 14.3. The molecule has 2 saturated carbocycles. The number of ether oxygens (including phenoxy) is 1. The second kappa shape index (κ2) is 9.64. The quantitative estimate of drug-likeness (QED) is 0.227. The first-order chi connectivity index (χ1) is 19.7. The molecule has 2 aliphatic carbocycles. The van der Waals surface area contributed by atoms with Crippen LogP contribution < -0.4 is 9.64 Å². The molecule has 7 rings (SSSR count). The fourth-order valence-electron chi connectivity index (χ4n) is 6.53. The molecule has 2 aromatic heterocycles. The Morgan fingerprint density at radius 2 is 1.85 bits per heavy atom. The third kappa shape index (κ3) is 4.87. The lowest BCUT2D eigenvalue weighted by molar-refractivity contribution is -0.137. The molecule has 3 fully saturated rings. The van der Waals surface area contributed by atoms with E-state index in [1.165, 1.54) is 17.8 Å². The molecule has 1 aliphatic heterocycles. The van der Waals surface area contributed by atoms with Crippen molar-refractivity contribution in [3.05, 3.63) is 77.7 Å². The van der Waals surface area contributed by atoms with Crippen molar-refractivity contribution in [2.75, 3.05) is 18.0 Å². The van der Waals surface area contributed by atoms with Crippen molar-refractivity contribution in [1.82, 2.24) is 10.1 Å². The highest BCUT2D eigenvalue weighted by atomic mass is 19.4.